The third kappa shape index (κ3) is 3.32. The van der Waals surface area contributed by atoms with Crippen molar-refractivity contribution >= 4 is 0 Å². The summed E-state index contributed by atoms with van der Waals surface area (Å²) in [6.07, 6.45) is 3.04. The molecule has 2 aromatic rings. The Morgan fingerprint density at radius 1 is 1.35 bits per heavy atom. The van der Waals surface area contributed by atoms with E-state index in [0.29, 0.717) is 18.7 Å². The van der Waals surface area contributed by atoms with Crippen molar-refractivity contribution in [3.63, 3.8) is 0 Å². The number of phenols is 1. The number of benzene rings is 1. The second kappa shape index (κ2) is 5.01. The van der Waals surface area contributed by atoms with Gasteiger partial charge in [0.15, 0.2) is 5.89 Å². The van der Waals surface area contributed by atoms with E-state index in [4.69, 9.17) is 10.2 Å². The number of aromatic nitrogens is 1. The Hall–Kier alpha value is -1.81. The molecule has 0 aliphatic carbocycles. The fourth-order valence-electron chi connectivity index (χ4n) is 1.63. The molecule has 2 rings (SSSR count). The first-order valence-electron chi connectivity index (χ1n) is 5.60. The van der Waals surface area contributed by atoms with Gasteiger partial charge in [-0.1, -0.05) is 12.1 Å². The number of oxazole rings is 1. The van der Waals surface area contributed by atoms with Crippen LogP contribution in [0.4, 0.5) is 0 Å². The Morgan fingerprint density at radius 3 is 2.71 bits per heavy atom. The van der Waals surface area contributed by atoms with Crippen molar-refractivity contribution in [1.29, 1.82) is 0 Å². The maximum Gasteiger partial charge on any atom is 0.198 e. The summed E-state index contributed by atoms with van der Waals surface area (Å²) < 4.78 is 5.58. The van der Waals surface area contributed by atoms with Crippen molar-refractivity contribution < 1.29 is 9.52 Å². The van der Waals surface area contributed by atoms with Crippen molar-refractivity contribution in [1.82, 2.24) is 4.98 Å². The van der Waals surface area contributed by atoms with Crippen LogP contribution in [0.1, 0.15) is 24.1 Å². The first kappa shape index (κ1) is 11.7. The number of nitrogens with two attached hydrogens (primary N) is 1. The van der Waals surface area contributed by atoms with E-state index in [-0.39, 0.29) is 11.8 Å². The molecule has 0 fully saturated rings. The zero-order valence-corrected chi connectivity index (χ0v) is 9.76. The zero-order chi connectivity index (χ0) is 12.3. The predicted molar refractivity (Wildman–Crippen MR) is 64.8 cm³/mol. The second-order valence-corrected chi connectivity index (χ2v) is 4.24. The smallest absolute Gasteiger partial charge is 0.198 e. The summed E-state index contributed by atoms with van der Waals surface area (Å²) >= 11 is 0. The molecule has 0 radical (unpaired) electrons. The average molecular weight is 232 g/mol. The lowest BCUT2D eigenvalue weighted by Crippen LogP contribution is -2.17. The van der Waals surface area contributed by atoms with Crippen LogP contribution < -0.4 is 5.73 Å². The molecule has 4 nitrogen and oxygen atoms in total. The molecule has 0 aliphatic heterocycles. The summed E-state index contributed by atoms with van der Waals surface area (Å²) in [6.45, 7) is 1.93. The van der Waals surface area contributed by atoms with Crippen LogP contribution in [-0.2, 0) is 12.8 Å². The molecule has 90 valence electrons. The molecule has 1 aromatic carbocycles. The summed E-state index contributed by atoms with van der Waals surface area (Å²) in [4.78, 5) is 4.20. The third-order valence-electron chi connectivity index (χ3n) is 2.42. The maximum atomic E-state index is 9.17. The predicted octanol–water partition coefficient (Wildman–Crippen LogP) is 1.86. The van der Waals surface area contributed by atoms with Gasteiger partial charge in [-0.2, -0.15) is 0 Å². The Balaban J connectivity index is 2.03. The molecular weight excluding hydrogens is 216 g/mol. The highest BCUT2D eigenvalue weighted by molar-refractivity contribution is 5.27. The standard InChI is InChI=1S/C13H16N2O2/c1-9(14)6-12-8-15-13(17-12)7-10-2-4-11(16)5-3-10/h2-5,8-9,16H,6-7,14H2,1H3. The largest absolute Gasteiger partial charge is 0.508 e. The average Bonchev–Trinajstić information content (AvgIpc) is 2.68. The first-order chi connectivity index (χ1) is 8.13. The van der Waals surface area contributed by atoms with Gasteiger partial charge < -0.3 is 15.3 Å². The SMILES string of the molecule is CC(N)Cc1cnc(Cc2ccc(O)cc2)o1. The van der Waals surface area contributed by atoms with Gasteiger partial charge in [0.05, 0.1) is 6.20 Å². The lowest BCUT2D eigenvalue weighted by Gasteiger charge is -2.00. The van der Waals surface area contributed by atoms with Crippen LogP contribution in [-0.4, -0.2) is 16.1 Å². The van der Waals surface area contributed by atoms with Crippen LogP contribution in [0, 0.1) is 0 Å². The highest BCUT2D eigenvalue weighted by Gasteiger charge is 2.06. The van der Waals surface area contributed by atoms with Crippen LogP contribution in [0.25, 0.3) is 0 Å². The zero-order valence-electron chi connectivity index (χ0n) is 9.76. The molecule has 1 heterocycles. The van der Waals surface area contributed by atoms with E-state index in [1.807, 2.05) is 19.1 Å². The van der Waals surface area contributed by atoms with E-state index in [2.05, 4.69) is 4.98 Å². The van der Waals surface area contributed by atoms with Gasteiger partial charge in [-0.25, -0.2) is 4.98 Å². The van der Waals surface area contributed by atoms with Gasteiger partial charge in [0, 0.05) is 18.9 Å². The molecule has 4 heteroatoms. The number of hydrogen-bond donors (Lipinski definition) is 2. The lowest BCUT2D eigenvalue weighted by molar-refractivity contribution is 0.451. The van der Waals surface area contributed by atoms with E-state index in [0.717, 1.165) is 11.3 Å². The summed E-state index contributed by atoms with van der Waals surface area (Å²) in [5.41, 5.74) is 6.74. The van der Waals surface area contributed by atoms with Crippen LogP contribution in [0.5, 0.6) is 5.75 Å². The van der Waals surface area contributed by atoms with E-state index in [1.165, 1.54) is 0 Å². The van der Waals surface area contributed by atoms with Crippen LogP contribution in [0.3, 0.4) is 0 Å². The quantitative estimate of drug-likeness (QED) is 0.844. The van der Waals surface area contributed by atoms with Crippen molar-refractivity contribution in [2.24, 2.45) is 5.73 Å². The summed E-state index contributed by atoms with van der Waals surface area (Å²) in [5, 5.41) is 9.17. The molecule has 0 saturated carbocycles. The summed E-state index contributed by atoms with van der Waals surface area (Å²) in [7, 11) is 0. The van der Waals surface area contributed by atoms with Crippen LogP contribution in [0.2, 0.25) is 0 Å². The minimum Gasteiger partial charge on any atom is -0.508 e. The molecule has 0 spiro atoms. The lowest BCUT2D eigenvalue weighted by atomic mass is 10.1. The van der Waals surface area contributed by atoms with Crippen LogP contribution in [0.15, 0.2) is 34.9 Å². The molecule has 0 saturated heterocycles. The van der Waals surface area contributed by atoms with Gasteiger partial charge in [0.25, 0.3) is 0 Å². The summed E-state index contributed by atoms with van der Waals surface area (Å²) in [6, 6.07) is 7.09. The van der Waals surface area contributed by atoms with E-state index >= 15 is 0 Å². The number of hydrogen-bond acceptors (Lipinski definition) is 4. The minimum atomic E-state index is 0.0736. The molecule has 1 atom stereocenters. The molecule has 3 N–H and O–H groups in total. The molecule has 0 amide bonds. The monoisotopic (exact) mass is 232 g/mol. The van der Waals surface area contributed by atoms with Crippen molar-refractivity contribution in [2.45, 2.75) is 25.8 Å². The molecule has 17 heavy (non-hydrogen) atoms. The summed E-state index contributed by atoms with van der Waals surface area (Å²) in [5.74, 6) is 1.75. The maximum absolute atomic E-state index is 9.17. The normalized spacial score (nSPS) is 12.6. The number of phenolic OH excluding ortho intramolecular Hbond substituents is 1. The van der Waals surface area contributed by atoms with E-state index in [1.54, 1.807) is 18.3 Å². The Bertz CT molecular complexity index is 474. The Labute approximate surface area is 100 Å². The molecular formula is C13H16N2O2. The molecule has 0 aliphatic rings. The third-order valence-corrected chi connectivity index (χ3v) is 2.42. The molecule has 0 bridgehead atoms. The molecule has 1 unspecified atom stereocenters. The fraction of sp³-hybridized carbons (Fsp3) is 0.308. The highest BCUT2D eigenvalue weighted by atomic mass is 16.4. The minimum absolute atomic E-state index is 0.0736. The van der Waals surface area contributed by atoms with Gasteiger partial charge in [0.2, 0.25) is 0 Å². The second-order valence-electron chi connectivity index (χ2n) is 4.24. The van der Waals surface area contributed by atoms with Crippen molar-refractivity contribution in [2.75, 3.05) is 0 Å². The van der Waals surface area contributed by atoms with Gasteiger partial charge in [-0.05, 0) is 24.6 Å². The Kier molecular flexibility index (Phi) is 3.44. The topological polar surface area (TPSA) is 72.3 Å². The van der Waals surface area contributed by atoms with Crippen molar-refractivity contribution in [3.05, 3.63) is 47.7 Å². The Morgan fingerprint density at radius 2 is 2.06 bits per heavy atom. The number of nitrogens with zero attached hydrogens (tertiary/aromatic N) is 1. The fourth-order valence-corrected chi connectivity index (χ4v) is 1.63. The van der Waals surface area contributed by atoms with Gasteiger partial charge in [-0.3, -0.25) is 0 Å². The van der Waals surface area contributed by atoms with Crippen LogP contribution >= 0.6 is 0 Å². The van der Waals surface area contributed by atoms with Gasteiger partial charge in [-0.15, -0.1) is 0 Å². The number of aromatic hydroxyl groups is 1. The highest BCUT2D eigenvalue weighted by Crippen LogP contribution is 2.14. The number of rotatable bonds is 4. The first-order valence-corrected chi connectivity index (χ1v) is 5.60. The van der Waals surface area contributed by atoms with Gasteiger partial charge in [0.1, 0.15) is 11.5 Å². The van der Waals surface area contributed by atoms with E-state index < -0.39 is 0 Å². The van der Waals surface area contributed by atoms with Gasteiger partial charge >= 0.3 is 0 Å². The molecule has 1 aromatic heterocycles. The van der Waals surface area contributed by atoms with E-state index in [9.17, 15) is 5.11 Å². The van der Waals surface area contributed by atoms with Crippen molar-refractivity contribution in [3.8, 4) is 5.75 Å².